The summed E-state index contributed by atoms with van der Waals surface area (Å²) in [5.41, 5.74) is 11.0. The normalized spacial score (nSPS) is 12.5. The third-order valence-corrected chi connectivity index (χ3v) is 4.43. The van der Waals surface area contributed by atoms with E-state index in [9.17, 15) is 14.4 Å². The quantitative estimate of drug-likeness (QED) is 0.618. The Morgan fingerprint density at radius 2 is 1.79 bits per heavy atom. The van der Waals surface area contributed by atoms with Crippen LogP contribution in [-0.2, 0) is 9.59 Å². The summed E-state index contributed by atoms with van der Waals surface area (Å²) in [5, 5.41) is 2.69. The molecule has 24 heavy (non-hydrogen) atoms. The lowest BCUT2D eigenvalue weighted by Crippen LogP contribution is -2.45. The molecule has 3 amide bonds. The summed E-state index contributed by atoms with van der Waals surface area (Å²) >= 11 is 1.19. The number of benzene rings is 1. The van der Waals surface area contributed by atoms with Gasteiger partial charge in [0.2, 0.25) is 11.8 Å². The zero-order chi connectivity index (χ0) is 18.3. The van der Waals surface area contributed by atoms with E-state index in [2.05, 4.69) is 26.1 Å². The Hall–Kier alpha value is -2.02. The average molecular weight is 351 g/mol. The van der Waals surface area contributed by atoms with E-state index in [1.54, 1.807) is 24.3 Å². The van der Waals surface area contributed by atoms with Crippen LogP contribution in [0, 0.1) is 5.41 Å². The molecular formula is C17H25N3O3S. The second-order valence-corrected chi connectivity index (χ2v) is 7.80. The lowest BCUT2D eigenvalue weighted by molar-refractivity contribution is -0.120. The van der Waals surface area contributed by atoms with Crippen LogP contribution in [0.5, 0.6) is 0 Å². The fourth-order valence-corrected chi connectivity index (χ4v) is 2.82. The molecule has 1 unspecified atom stereocenters. The summed E-state index contributed by atoms with van der Waals surface area (Å²) in [6, 6.07) is 6.13. The van der Waals surface area contributed by atoms with E-state index in [-0.39, 0.29) is 17.1 Å². The summed E-state index contributed by atoms with van der Waals surface area (Å²) < 4.78 is 0. The van der Waals surface area contributed by atoms with Gasteiger partial charge in [0.1, 0.15) is 6.04 Å². The van der Waals surface area contributed by atoms with Crippen molar-refractivity contribution in [2.45, 2.75) is 44.6 Å². The maximum atomic E-state index is 12.5. The Kier molecular flexibility index (Phi) is 7.28. The van der Waals surface area contributed by atoms with Crippen LogP contribution in [0.15, 0.2) is 29.2 Å². The van der Waals surface area contributed by atoms with E-state index in [0.717, 1.165) is 6.42 Å². The first-order chi connectivity index (χ1) is 11.1. The molecule has 1 aromatic rings. The van der Waals surface area contributed by atoms with Crippen LogP contribution in [0.3, 0.4) is 0 Å². The number of amides is 3. The Morgan fingerprint density at radius 1 is 1.17 bits per heavy atom. The molecule has 7 heteroatoms. The van der Waals surface area contributed by atoms with Crippen LogP contribution in [0.4, 0.5) is 0 Å². The molecule has 132 valence electrons. The second-order valence-electron chi connectivity index (χ2n) is 6.78. The molecule has 0 aliphatic heterocycles. The van der Waals surface area contributed by atoms with E-state index in [0.29, 0.717) is 16.9 Å². The molecule has 0 fully saturated rings. The standard InChI is InChI=1S/C17H25N3O3S/c1-17(2,3)9-8-12(15(19)22)20-16(23)11-6-4-5-7-13(11)24-10-14(18)21/h4-7,12H,8-10H2,1-3H3,(H2,18,21)(H2,19,22)(H,20,23). The molecule has 0 aromatic heterocycles. The first kappa shape index (κ1) is 20.0. The van der Waals surface area contributed by atoms with Crippen LogP contribution in [0.1, 0.15) is 44.0 Å². The fourth-order valence-electron chi connectivity index (χ4n) is 2.03. The molecule has 5 N–H and O–H groups in total. The highest BCUT2D eigenvalue weighted by atomic mass is 32.2. The van der Waals surface area contributed by atoms with Crippen molar-refractivity contribution in [3.63, 3.8) is 0 Å². The number of hydrogen-bond donors (Lipinski definition) is 3. The molecule has 0 saturated heterocycles. The van der Waals surface area contributed by atoms with Crippen molar-refractivity contribution in [2.75, 3.05) is 5.75 Å². The molecule has 0 saturated carbocycles. The lowest BCUT2D eigenvalue weighted by Gasteiger charge is -2.22. The van der Waals surface area contributed by atoms with Gasteiger partial charge in [-0.3, -0.25) is 14.4 Å². The van der Waals surface area contributed by atoms with Gasteiger partial charge in [-0.1, -0.05) is 32.9 Å². The van der Waals surface area contributed by atoms with E-state index >= 15 is 0 Å². The van der Waals surface area contributed by atoms with Crippen molar-refractivity contribution in [3.05, 3.63) is 29.8 Å². The SMILES string of the molecule is CC(C)(C)CCC(NC(=O)c1ccccc1SCC(N)=O)C(N)=O. The predicted molar refractivity (Wildman–Crippen MR) is 95.5 cm³/mol. The van der Waals surface area contributed by atoms with Crippen LogP contribution in [-0.4, -0.2) is 29.5 Å². The number of hydrogen-bond acceptors (Lipinski definition) is 4. The van der Waals surface area contributed by atoms with Crippen molar-refractivity contribution < 1.29 is 14.4 Å². The third kappa shape index (κ3) is 7.04. The number of thioether (sulfide) groups is 1. The smallest absolute Gasteiger partial charge is 0.253 e. The van der Waals surface area contributed by atoms with Gasteiger partial charge in [0.15, 0.2) is 0 Å². The Morgan fingerprint density at radius 3 is 2.33 bits per heavy atom. The van der Waals surface area contributed by atoms with Crippen LogP contribution in [0.25, 0.3) is 0 Å². The number of nitrogens with one attached hydrogen (secondary N) is 1. The highest BCUT2D eigenvalue weighted by Crippen LogP contribution is 2.24. The second kappa shape index (κ2) is 8.73. The first-order valence-corrected chi connectivity index (χ1v) is 8.69. The minimum atomic E-state index is -0.731. The van der Waals surface area contributed by atoms with E-state index in [1.165, 1.54) is 11.8 Å². The minimum absolute atomic E-state index is 0.0354. The van der Waals surface area contributed by atoms with Crippen molar-refractivity contribution in [1.29, 1.82) is 0 Å². The van der Waals surface area contributed by atoms with Gasteiger partial charge in [-0.25, -0.2) is 0 Å². The first-order valence-electron chi connectivity index (χ1n) is 7.70. The minimum Gasteiger partial charge on any atom is -0.369 e. The molecule has 1 aromatic carbocycles. The van der Waals surface area contributed by atoms with Gasteiger partial charge in [-0.2, -0.15) is 0 Å². The molecule has 6 nitrogen and oxygen atoms in total. The van der Waals surface area contributed by atoms with E-state index in [1.807, 2.05) is 0 Å². The zero-order valence-corrected chi connectivity index (χ0v) is 15.1. The van der Waals surface area contributed by atoms with Crippen molar-refractivity contribution in [1.82, 2.24) is 5.32 Å². The molecule has 0 bridgehead atoms. The van der Waals surface area contributed by atoms with Gasteiger partial charge in [-0.05, 0) is 30.4 Å². The van der Waals surface area contributed by atoms with Crippen LogP contribution >= 0.6 is 11.8 Å². The monoisotopic (exact) mass is 351 g/mol. The molecule has 0 radical (unpaired) electrons. The molecule has 0 spiro atoms. The van der Waals surface area contributed by atoms with Gasteiger partial charge >= 0.3 is 0 Å². The van der Waals surface area contributed by atoms with E-state index in [4.69, 9.17) is 11.5 Å². The van der Waals surface area contributed by atoms with Gasteiger partial charge < -0.3 is 16.8 Å². The van der Waals surface area contributed by atoms with Crippen molar-refractivity contribution >= 4 is 29.5 Å². The van der Waals surface area contributed by atoms with E-state index < -0.39 is 17.9 Å². The Labute approximate surface area is 146 Å². The lowest BCUT2D eigenvalue weighted by atomic mass is 9.88. The molecule has 0 heterocycles. The van der Waals surface area contributed by atoms with Gasteiger partial charge in [0, 0.05) is 4.90 Å². The van der Waals surface area contributed by atoms with Crippen LogP contribution < -0.4 is 16.8 Å². The summed E-state index contributed by atoms with van der Waals surface area (Å²) in [7, 11) is 0. The number of primary amides is 2. The topological polar surface area (TPSA) is 115 Å². The van der Waals surface area contributed by atoms with Gasteiger partial charge in [-0.15, -0.1) is 11.8 Å². The Balaban J connectivity index is 2.84. The molecule has 1 atom stereocenters. The van der Waals surface area contributed by atoms with Crippen LogP contribution in [0.2, 0.25) is 0 Å². The molecule has 0 aliphatic carbocycles. The number of carbonyl (C=O) groups is 3. The number of rotatable bonds is 8. The molecule has 1 rings (SSSR count). The fraction of sp³-hybridized carbons (Fsp3) is 0.471. The maximum Gasteiger partial charge on any atom is 0.253 e. The molecular weight excluding hydrogens is 326 g/mol. The predicted octanol–water partition coefficient (Wildman–Crippen LogP) is 1.67. The highest BCUT2D eigenvalue weighted by Gasteiger charge is 2.23. The number of nitrogens with two attached hydrogens (primary N) is 2. The molecule has 0 aliphatic rings. The maximum absolute atomic E-state index is 12.5. The van der Waals surface area contributed by atoms with Crippen molar-refractivity contribution in [3.8, 4) is 0 Å². The average Bonchev–Trinajstić information content (AvgIpc) is 2.48. The van der Waals surface area contributed by atoms with Gasteiger partial charge in [0.25, 0.3) is 5.91 Å². The Bertz CT molecular complexity index is 611. The van der Waals surface area contributed by atoms with Crippen molar-refractivity contribution in [2.24, 2.45) is 16.9 Å². The summed E-state index contributed by atoms with van der Waals surface area (Å²) in [6.45, 7) is 6.17. The highest BCUT2D eigenvalue weighted by molar-refractivity contribution is 8.00. The van der Waals surface area contributed by atoms with Gasteiger partial charge in [0.05, 0.1) is 11.3 Å². The summed E-state index contributed by atoms with van der Waals surface area (Å²) in [6.07, 6.45) is 1.22. The third-order valence-electron chi connectivity index (χ3n) is 3.33. The zero-order valence-electron chi connectivity index (χ0n) is 14.3. The largest absolute Gasteiger partial charge is 0.369 e. The summed E-state index contributed by atoms with van der Waals surface area (Å²) in [5.74, 6) is -1.33. The summed E-state index contributed by atoms with van der Waals surface area (Å²) in [4.78, 5) is 35.7. The number of carbonyl (C=O) groups excluding carboxylic acids is 3.